The fourth-order valence-corrected chi connectivity index (χ4v) is 2.89. The molecular formula is C15H11FN2O2S. The number of hydrogen-bond acceptors (Lipinski definition) is 3. The lowest BCUT2D eigenvalue weighted by Crippen LogP contribution is -1.96. The minimum atomic E-state index is -1.06. The van der Waals surface area contributed by atoms with Crippen LogP contribution in [0.15, 0.2) is 42.6 Å². The van der Waals surface area contributed by atoms with Gasteiger partial charge in [0, 0.05) is 11.1 Å². The van der Waals surface area contributed by atoms with Crippen molar-refractivity contribution in [2.24, 2.45) is 0 Å². The molecule has 0 aliphatic heterocycles. The van der Waals surface area contributed by atoms with E-state index in [0.29, 0.717) is 11.4 Å². The Morgan fingerprint density at radius 2 is 2.14 bits per heavy atom. The highest BCUT2D eigenvalue weighted by Crippen LogP contribution is 2.30. The molecule has 0 unspecified atom stereocenters. The molecule has 106 valence electrons. The molecule has 2 aromatic heterocycles. The summed E-state index contributed by atoms with van der Waals surface area (Å²) < 4.78 is 14.7. The molecule has 0 atom stereocenters. The minimum absolute atomic E-state index is 0.0983. The van der Waals surface area contributed by atoms with E-state index in [0.717, 1.165) is 9.75 Å². The van der Waals surface area contributed by atoms with Crippen LogP contribution in [0.5, 0.6) is 0 Å². The van der Waals surface area contributed by atoms with Crippen LogP contribution in [0.25, 0.3) is 16.3 Å². The third-order valence-electron chi connectivity index (χ3n) is 2.99. The maximum absolute atomic E-state index is 13.3. The molecule has 2 heterocycles. The Morgan fingerprint density at radius 1 is 1.33 bits per heavy atom. The summed E-state index contributed by atoms with van der Waals surface area (Å²) in [5, 5.41) is 13.6. The fourth-order valence-electron chi connectivity index (χ4n) is 2.03. The van der Waals surface area contributed by atoms with E-state index in [2.05, 4.69) is 5.10 Å². The highest BCUT2D eigenvalue weighted by Gasteiger charge is 2.19. The van der Waals surface area contributed by atoms with Crippen LogP contribution in [0.3, 0.4) is 0 Å². The molecule has 0 spiro atoms. The molecule has 1 N–H and O–H groups in total. The summed E-state index contributed by atoms with van der Waals surface area (Å²) in [6.07, 6.45) is 1.40. The van der Waals surface area contributed by atoms with Gasteiger partial charge in [-0.25, -0.2) is 13.9 Å². The Morgan fingerprint density at radius 3 is 2.76 bits per heavy atom. The van der Waals surface area contributed by atoms with Crippen LogP contribution in [0, 0.1) is 12.7 Å². The fraction of sp³-hybridized carbons (Fsp3) is 0.0667. The zero-order valence-corrected chi connectivity index (χ0v) is 11.9. The van der Waals surface area contributed by atoms with Crippen LogP contribution in [-0.4, -0.2) is 20.9 Å². The second kappa shape index (κ2) is 5.14. The van der Waals surface area contributed by atoms with Crippen LogP contribution in [0.4, 0.5) is 4.39 Å². The molecule has 0 bridgehead atoms. The predicted molar refractivity (Wildman–Crippen MR) is 78.5 cm³/mol. The summed E-state index contributed by atoms with van der Waals surface area (Å²) in [7, 11) is 0. The third kappa shape index (κ3) is 2.57. The molecule has 0 amide bonds. The molecule has 0 radical (unpaired) electrons. The van der Waals surface area contributed by atoms with Gasteiger partial charge >= 0.3 is 5.97 Å². The van der Waals surface area contributed by atoms with Gasteiger partial charge in [0.2, 0.25) is 0 Å². The molecule has 1 aromatic carbocycles. The van der Waals surface area contributed by atoms with Crippen molar-refractivity contribution in [3.05, 3.63) is 58.9 Å². The van der Waals surface area contributed by atoms with E-state index in [1.807, 2.05) is 19.1 Å². The van der Waals surface area contributed by atoms with Crippen LogP contribution in [-0.2, 0) is 0 Å². The molecular weight excluding hydrogens is 291 g/mol. The SMILES string of the molecule is Cc1ccc(-c2nn(-c3cccc(F)c3)cc2C(=O)O)s1. The number of aromatic nitrogens is 2. The first-order valence-electron chi connectivity index (χ1n) is 6.20. The molecule has 21 heavy (non-hydrogen) atoms. The number of hydrogen-bond donors (Lipinski definition) is 1. The largest absolute Gasteiger partial charge is 0.478 e. The molecule has 0 aliphatic carbocycles. The number of rotatable bonds is 3. The van der Waals surface area contributed by atoms with Gasteiger partial charge in [-0.2, -0.15) is 5.10 Å². The Balaban J connectivity index is 2.15. The number of benzene rings is 1. The quantitative estimate of drug-likeness (QED) is 0.801. The van der Waals surface area contributed by atoms with Crippen molar-refractivity contribution in [3.8, 4) is 16.3 Å². The summed E-state index contributed by atoms with van der Waals surface area (Å²) >= 11 is 1.47. The van der Waals surface area contributed by atoms with E-state index in [1.54, 1.807) is 12.1 Å². The van der Waals surface area contributed by atoms with Crippen molar-refractivity contribution < 1.29 is 14.3 Å². The number of carbonyl (C=O) groups is 1. The summed E-state index contributed by atoms with van der Waals surface area (Å²) in [6.45, 7) is 1.94. The van der Waals surface area contributed by atoms with Crippen LogP contribution < -0.4 is 0 Å². The summed E-state index contributed by atoms with van der Waals surface area (Å²) in [5.74, 6) is -1.45. The van der Waals surface area contributed by atoms with Crippen LogP contribution in [0.2, 0.25) is 0 Å². The zero-order chi connectivity index (χ0) is 15.0. The average molecular weight is 302 g/mol. The molecule has 0 aliphatic rings. The van der Waals surface area contributed by atoms with E-state index in [9.17, 15) is 14.3 Å². The van der Waals surface area contributed by atoms with Gasteiger partial charge in [0.15, 0.2) is 0 Å². The van der Waals surface area contributed by atoms with E-state index < -0.39 is 11.8 Å². The number of carboxylic acid groups (broad SMARTS) is 1. The summed E-state index contributed by atoms with van der Waals surface area (Å²) in [5.41, 5.74) is 0.975. The molecule has 0 fully saturated rings. The van der Waals surface area contributed by atoms with Gasteiger partial charge < -0.3 is 5.11 Å². The highest BCUT2D eigenvalue weighted by molar-refractivity contribution is 7.15. The van der Waals surface area contributed by atoms with Gasteiger partial charge in [-0.15, -0.1) is 11.3 Å². The van der Waals surface area contributed by atoms with E-state index in [4.69, 9.17) is 0 Å². The molecule has 0 saturated carbocycles. The Bertz CT molecular complexity index is 823. The van der Waals surface area contributed by atoms with E-state index in [1.165, 1.54) is 34.3 Å². The third-order valence-corrected chi connectivity index (χ3v) is 4.00. The first-order valence-corrected chi connectivity index (χ1v) is 7.02. The highest BCUT2D eigenvalue weighted by atomic mass is 32.1. The lowest BCUT2D eigenvalue weighted by molar-refractivity contribution is 0.0697. The lowest BCUT2D eigenvalue weighted by atomic mass is 10.2. The van der Waals surface area contributed by atoms with Crippen molar-refractivity contribution in [2.45, 2.75) is 6.92 Å². The van der Waals surface area contributed by atoms with Crippen molar-refractivity contribution in [1.82, 2.24) is 9.78 Å². The zero-order valence-electron chi connectivity index (χ0n) is 11.1. The number of nitrogens with zero attached hydrogens (tertiary/aromatic N) is 2. The number of halogens is 1. The topological polar surface area (TPSA) is 55.1 Å². The summed E-state index contributed by atoms with van der Waals surface area (Å²) in [6, 6.07) is 9.61. The van der Waals surface area contributed by atoms with Gasteiger partial charge in [-0.05, 0) is 37.3 Å². The van der Waals surface area contributed by atoms with E-state index in [-0.39, 0.29) is 5.56 Å². The molecule has 6 heteroatoms. The Kier molecular flexibility index (Phi) is 3.31. The minimum Gasteiger partial charge on any atom is -0.478 e. The first-order chi connectivity index (χ1) is 10.0. The molecule has 3 rings (SSSR count). The van der Waals surface area contributed by atoms with Crippen LogP contribution in [0.1, 0.15) is 15.2 Å². The maximum Gasteiger partial charge on any atom is 0.339 e. The second-order valence-electron chi connectivity index (χ2n) is 4.53. The number of aromatic carboxylic acids is 1. The average Bonchev–Trinajstić information content (AvgIpc) is 3.04. The van der Waals surface area contributed by atoms with E-state index >= 15 is 0 Å². The molecule has 4 nitrogen and oxygen atoms in total. The van der Waals surface area contributed by atoms with Crippen molar-refractivity contribution in [2.75, 3.05) is 0 Å². The van der Waals surface area contributed by atoms with Gasteiger partial charge in [0.05, 0.1) is 10.6 Å². The smallest absolute Gasteiger partial charge is 0.339 e. The number of aryl methyl sites for hydroxylation is 1. The molecule has 0 saturated heterocycles. The van der Waals surface area contributed by atoms with Crippen LogP contribution >= 0.6 is 11.3 Å². The second-order valence-corrected chi connectivity index (χ2v) is 5.82. The van der Waals surface area contributed by atoms with Crippen molar-refractivity contribution in [3.63, 3.8) is 0 Å². The summed E-state index contributed by atoms with van der Waals surface area (Å²) in [4.78, 5) is 13.2. The lowest BCUT2D eigenvalue weighted by Gasteiger charge is -2.00. The monoisotopic (exact) mass is 302 g/mol. The van der Waals surface area contributed by atoms with Gasteiger partial charge in [0.1, 0.15) is 17.1 Å². The maximum atomic E-state index is 13.3. The Labute approximate surface area is 124 Å². The van der Waals surface area contributed by atoms with Gasteiger partial charge in [0.25, 0.3) is 0 Å². The number of carboxylic acids is 1. The first kappa shape index (κ1) is 13.5. The molecule has 3 aromatic rings. The number of thiophene rings is 1. The van der Waals surface area contributed by atoms with Crippen molar-refractivity contribution >= 4 is 17.3 Å². The van der Waals surface area contributed by atoms with Gasteiger partial charge in [-0.1, -0.05) is 6.07 Å². The standard InChI is InChI=1S/C15H11FN2O2S/c1-9-5-6-13(21-9)14-12(15(19)20)8-18(17-14)11-4-2-3-10(16)7-11/h2-8H,1H3,(H,19,20). The van der Waals surface area contributed by atoms with Crippen molar-refractivity contribution in [1.29, 1.82) is 0 Å². The normalized spacial score (nSPS) is 10.8. The van der Waals surface area contributed by atoms with Gasteiger partial charge in [-0.3, -0.25) is 0 Å². The predicted octanol–water partition coefficient (Wildman–Crippen LogP) is 3.75. The Hall–Kier alpha value is -2.47.